The van der Waals surface area contributed by atoms with E-state index in [-0.39, 0.29) is 24.2 Å². The highest BCUT2D eigenvalue weighted by Crippen LogP contribution is 2.31. The Labute approximate surface area is 137 Å². The van der Waals surface area contributed by atoms with Crippen LogP contribution in [0.2, 0.25) is 5.02 Å². The molecular weight excluding hydrogens is 320 g/mol. The lowest BCUT2D eigenvalue weighted by atomic mass is 10.0. The van der Waals surface area contributed by atoms with Crippen LogP contribution in [-0.2, 0) is 9.53 Å². The largest absolute Gasteiger partial charge is 0.493 e. The van der Waals surface area contributed by atoms with Crippen LogP contribution in [0.25, 0.3) is 0 Å². The van der Waals surface area contributed by atoms with E-state index < -0.39 is 5.97 Å². The van der Waals surface area contributed by atoms with Crippen LogP contribution in [0.5, 0.6) is 5.75 Å². The van der Waals surface area contributed by atoms with Crippen LogP contribution in [-0.4, -0.2) is 30.1 Å². The molecule has 1 atom stereocenters. The van der Waals surface area contributed by atoms with Gasteiger partial charge in [0.25, 0.3) is 5.91 Å². The highest BCUT2D eigenvalue weighted by atomic mass is 35.5. The predicted octanol–water partition coefficient (Wildman–Crippen LogP) is 2.46. The average Bonchev–Trinajstić information content (AvgIpc) is 2.99. The summed E-state index contributed by atoms with van der Waals surface area (Å²) in [6.45, 7) is 0.178. The number of carbonyl (C=O) groups excluding carboxylic acids is 2. The van der Waals surface area contributed by atoms with Crippen LogP contribution in [0, 0.1) is 0 Å². The summed E-state index contributed by atoms with van der Waals surface area (Å²) < 4.78 is 10.5. The van der Waals surface area contributed by atoms with E-state index in [0.717, 1.165) is 11.3 Å². The van der Waals surface area contributed by atoms with E-state index in [0.29, 0.717) is 18.1 Å². The van der Waals surface area contributed by atoms with Gasteiger partial charge >= 0.3 is 5.97 Å². The number of esters is 1. The first-order chi connectivity index (χ1) is 11.1. The van der Waals surface area contributed by atoms with Gasteiger partial charge in [-0.3, -0.25) is 4.79 Å². The molecule has 1 amide bonds. The van der Waals surface area contributed by atoms with Gasteiger partial charge in [0.1, 0.15) is 11.4 Å². The number of aromatic nitrogens is 1. The third-order valence-electron chi connectivity index (χ3n) is 3.50. The number of rotatable bonds is 4. The van der Waals surface area contributed by atoms with Crippen molar-refractivity contribution in [2.75, 3.05) is 13.2 Å². The molecular formula is C16H15ClN2O4. The first kappa shape index (κ1) is 15.4. The second-order valence-corrected chi connectivity index (χ2v) is 5.54. The molecule has 120 valence electrons. The molecule has 0 fully saturated rings. The third kappa shape index (κ3) is 3.65. The number of halogens is 1. The molecule has 1 aromatic heterocycles. The van der Waals surface area contributed by atoms with Gasteiger partial charge in [-0.2, -0.15) is 0 Å². The van der Waals surface area contributed by atoms with Crippen molar-refractivity contribution in [2.45, 2.75) is 12.5 Å². The summed E-state index contributed by atoms with van der Waals surface area (Å²) >= 11 is 5.71. The molecule has 0 spiro atoms. The normalized spacial score (nSPS) is 16.1. The standard InChI is InChI=1S/C16H15ClN2O4/c17-10-7-13(18-8-10)16(21)23-9-15(20)19-12-5-6-22-14-4-2-1-3-11(12)14/h1-4,7-8,12,18H,5-6,9H2,(H,19,20). The number of fused-ring (bicyclic) bond motifs is 1. The van der Waals surface area contributed by atoms with Gasteiger partial charge in [0.2, 0.25) is 0 Å². The first-order valence-electron chi connectivity index (χ1n) is 7.15. The first-order valence-corrected chi connectivity index (χ1v) is 7.53. The van der Waals surface area contributed by atoms with Crippen molar-refractivity contribution < 1.29 is 19.1 Å². The maximum atomic E-state index is 12.0. The van der Waals surface area contributed by atoms with E-state index in [1.165, 1.54) is 12.3 Å². The Hall–Kier alpha value is -2.47. The van der Waals surface area contributed by atoms with Gasteiger partial charge in [-0.05, 0) is 12.1 Å². The third-order valence-corrected chi connectivity index (χ3v) is 3.71. The highest BCUT2D eigenvalue weighted by Gasteiger charge is 2.23. The lowest BCUT2D eigenvalue weighted by Gasteiger charge is -2.26. The second kappa shape index (κ2) is 6.75. The molecule has 6 nitrogen and oxygen atoms in total. The fourth-order valence-electron chi connectivity index (χ4n) is 2.42. The number of amides is 1. The summed E-state index contributed by atoms with van der Waals surface area (Å²) in [5.41, 5.74) is 1.13. The molecule has 2 heterocycles. The van der Waals surface area contributed by atoms with Crippen molar-refractivity contribution in [1.82, 2.24) is 10.3 Å². The molecule has 0 saturated heterocycles. The molecule has 2 N–H and O–H groups in total. The van der Waals surface area contributed by atoms with Crippen molar-refractivity contribution in [2.24, 2.45) is 0 Å². The fourth-order valence-corrected chi connectivity index (χ4v) is 2.59. The van der Waals surface area contributed by atoms with Gasteiger partial charge in [0.15, 0.2) is 6.61 Å². The van der Waals surface area contributed by atoms with Gasteiger partial charge < -0.3 is 19.8 Å². The Morgan fingerprint density at radius 2 is 2.22 bits per heavy atom. The van der Waals surface area contributed by atoms with Gasteiger partial charge in [0, 0.05) is 18.2 Å². The highest BCUT2D eigenvalue weighted by molar-refractivity contribution is 6.30. The van der Waals surface area contributed by atoms with Crippen molar-refractivity contribution in [3.05, 3.63) is 52.8 Å². The van der Waals surface area contributed by atoms with Crippen LogP contribution in [0.15, 0.2) is 36.5 Å². The van der Waals surface area contributed by atoms with Crippen LogP contribution in [0.3, 0.4) is 0 Å². The molecule has 0 bridgehead atoms. The Balaban J connectivity index is 1.55. The molecule has 1 aliphatic rings. The van der Waals surface area contributed by atoms with Gasteiger partial charge in [-0.1, -0.05) is 29.8 Å². The zero-order valence-electron chi connectivity index (χ0n) is 12.2. The molecule has 7 heteroatoms. The average molecular weight is 335 g/mol. The molecule has 1 aliphatic heterocycles. The number of hydrogen-bond donors (Lipinski definition) is 2. The van der Waals surface area contributed by atoms with Crippen molar-refractivity contribution in [1.29, 1.82) is 0 Å². The SMILES string of the molecule is O=C(COC(=O)c1cc(Cl)c[nH]1)NC1CCOc2ccccc21. The summed E-state index contributed by atoms with van der Waals surface area (Å²) in [6, 6.07) is 8.84. The minimum absolute atomic E-state index is 0.147. The summed E-state index contributed by atoms with van der Waals surface area (Å²) in [7, 11) is 0. The number of aromatic amines is 1. The number of carbonyl (C=O) groups is 2. The summed E-state index contributed by atoms with van der Waals surface area (Å²) in [5, 5.41) is 3.26. The van der Waals surface area contributed by atoms with Crippen LogP contribution in [0.4, 0.5) is 0 Å². The monoisotopic (exact) mass is 334 g/mol. The lowest BCUT2D eigenvalue weighted by molar-refractivity contribution is -0.125. The topological polar surface area (TPSA) is 80.4 Å². The number of hydrogen-bond acceptors (Lipinski definition) is 4. The van der Waals surface area contributed by atoms with E-state index in [2.05, 4.69) is 10.3 Å². The zero-order chi connectivity index (χ0) is 16.2. The molecule has 23 heavy (non-hydrogen) atoms. The van der Waals surface area contributed by atoms with Gasteiger partial charge in [-0.25, -0.2) is 4.79 Å². The van der Waals surface area contributed by atoms with E-state index in [1.54, 1.807) is 0 Å². The van der Waals surface area contributed by atoms with Gasteiger partial charge in [-0.15, -0.1) is 0 Å². The summed E-state index contributed by atoms with van der Waals surface area (Å²) in [5.74, 6) is -0.223. The number of benzene rings is 1. The molecule has 2 aromatic rings. The van der Waals surface area contributed by atoms with E-state index in [1.807, 2.05) is 24.3 Å². The Morgan fingerprint density at radius 1 is 1.39 bits per heavy atom. The van der Waals surface area contributed by atoms with Crippen molar-refractivity contribution in [3.63, 3.8) is 0 Å². The minimum Gasteiger partial charge on any atom is -0.493 e. The fraction of sp³-hybridized carbons (Fsp3) is 0.250. The smallest absolute Gasteiger partial charge is 0.355 e. The van der Waals surface area contributed by atoms with Crippen LogP contribution < -0.4 is 10.1 Å². The van der Waals surface area contributed by atoms with Gasteiger partial charge in [0.05, 0.1) is 17.7 Å². The van der Waals surface area contributed by atoms with Crippen LogP contribution >= 0.6 is 11.6 Å². The molecule has 3 rings (SSSR count). The second-order valence-electron chi connectivity index (χ2n) is 5.10. The van der Waals surface area contributed by atoms with Crippen LogP contribution in [0.1, 0.15) is 28.5 Å². The molecule has 1 unspecified atom stereocenters. The number of ether oxygens (including phenoxy) is 2. The minimum atomic E-state index is -0.626. The number of nitrogens with one attached hydrogen (secondary N) is 2. The summed E-state index contributed by atoms with van der Waals surface area (Å²) in [6.07, 6.45) is 2.14. The van der Waals surface area contributed by atoms with Crippen molar-refractivity contribution >= 4 is 23.5 Å². The summed E-state index contributed by atoms with van der Waals surface area (Å²) in [4.78, 5) is 26.4. The molecule has 1 aromatic carbocycles. The Bertz CT molecular complexity index is 728. The quantitative estimate of drug-likeness (QED) is 0.842. The van der Waals surface area contributed by atoms with Crippen molar-refractivity contribution in [3.8, 4) is 5.75 Å². The number of para-hydroxylation sites is 1. The Morgan fingerprint density at radius 3 is 3.00 bits per heavy atom. The predicted molar refractivity (Wildman–Crippen MR) is 83.5 cm³/mol. The van der Waals surface area contributed by atoms with E-state index >= 15 is 0 Å². The maximum absolute atomic E-state index is 12.0. The maximum Gasteiger partial charge on any atom is 0.355 e. The molecule has 0 saturated carbocycles. The molecule has 0 radical (unpaired) electrons. The Kier molecular flexibility index (Phi) is 4.52. The zero-order valence-corrected chi connectivity index (χ0v) is 12.9. The number of H-pyrrole nitrogens is 1. The van der Waals surface area contributed by atoms with E-state index in [9.17, 15) is 9.59 Å². The lowest BCUT2D eigenvalue weighted by Crippen LogP contribution is -2.35. The molecule has 0 aliphatic carbocycles. The van der Waals surface area contributed by atoms with E-state index in [4.69, 9.17) is 21.1 Å².